The van der Waals surface area contributed by atoms with E-state index in [-0.39, 0.29) is 6.61 Å². The summed E-state index contributed by atoms with van der Waals surface area (Å²) in [5.74, 6) is 1.15. The van der Waals surface area contributed by atoms with Crippen molar-refractivity contribution in [2.24, 2.45) is 0 Å². The van der Waals surface area contributed by atoms with Crippen LogP contribution in [-0.2, 0) is 11.3 Å². The van der Waals surface area contributed by atoms with Crippen molar-refractivity contribution >= 4 is 17.3 Å². The minimum Gasteiger partial charge on any atom is -0.496 e. The van der Waals surface area contributed by atoms with E-state index in [4.69, 9.17) is 18.6 Å². The third kappa shape index (κ3) is 3.66. The fraction of sp³-hybridized carbons (Fsp3) is 0.222. The van der Waals surface area contributed by atoms with Crippen molar-refractivity contribution in [2.45, 2.75) is 13.5 Å². The Hall–Kier alpha value is -2.80. The van der Waals surface area contributed by atoms with E-state index in [1.165, 1.54) is 17.6 Å². The molecular formula is C18H17NO5S. The highest BCUT2D eigenvalue weighted by atomic mass is 32.1. The van der Waals surface area contributed by atoms with Crippen LogP contribution in [0.4, 0.5) is 0 Å². The number of benzene rings is 1. The van der Waals surface area contributed by atoms with Crippen LogP contribution in [0.5, 0.6) is 11.5 Å². The van der Waals surface area contributed by atoms with Crippen molar-refractivity contribution in [3.05, 3.63) is 52.7 Å². The molecule has 0 fully saturated rings. The fourth-order valence-electron chi connectivity index (χ4n) is 2.31. The summed E-state index contributed by atoms with van der Waals surface area (Å²) in [6.45, 7) is 1.88. The van der Waals surface area contributed by atoms with Crippen molar-refractivity contribution in [1.29, 1.82) is 0 Å². The minimum absolute atomic E-state index is 0.0201. The molecule has 130 valence electrons. The van der Waals surface area contributed by atoms with Gasteiger partial charge in [0.05, 0.1) is 24.7 Å². The van der Waals surface area contributed by atoms with Gasteiger partial charge in [0.2, 0.25) is 5.89 Å². The maximum Gasteiger partial charge on any atom is 0.338 e. The molecular weight excluding hydrogens is 342 g/mol. The van der Waals surface area contributed by atoms with Gasteiger partial charge in [-0.1, -0.05) is 6.07 Å². The Kier molecular flexibility index (Phi) is 5.04. The van der Waals surface area contributed by atoms with E-state index in [1.807, 2.05) is 24.4 Å². The Balaban J connectivity index is 1.71. The molecule has 0 spiro atoms. The Bertz CT molecular complexity index is 844. The number of ether oxygens (including phenoxy) is 3. The highest BCUT2D eigenvalue weighted by molar-refractivity contribution is 7.13. The highest BCUT2D eigenvalue weighted by Gasteiger charge is 2.16. The Morgan fingerprint density at radius 3 is 2.56 bits per heavy atom. The average molecular weight is 359 g/mol. The maximum absolute atomic E-state index is 12.3. The first-order valence-corrected chi connectivity index (χ1v) is 8.38. The predicted molar refractivity (Wildman–Crippen MR) is 93.2 cm³/mol. The molecule has 7 heteroatoms. The zero-order chi connectivity index (χ0) is 17.8. The zero-order valence-corrected chi connectivity index (χ0v) is 14.9. The smallest absolute Gasteiger partial charge is 0.338 e. The first kappa shape index (κ1) is 17.0. The highest BCUT2D eigenvalue weighted by Crippen LogP contribution is 2.30. The van der Waals surface area contributed by atoms with E-state index in [0.29, 0.717) is 28.6 Å². The number of hydrogen-bond donors (Lipinski definition) is 0. The summed E-state index contributed by atoms with van der Waals surface area (Å²) in [5, 5.41) is 1.94. The summed E-state index contributed by atoms with van der Waals surface area (Å²) in [6, 6.07) is 7.08. The molecule has 0 N–H and O–H groups in total. The van der Waals surface area contributed by atoms with Crippen LogP contribution in [0.3, 0.4) is 0 Å². The van der Waals surface area contributed by atoms with Crippen molar-refractivity contribution < 1.29 is 23.4 Å². The van der Waals surface area contributed by atoms with Crippen molar-refractivity contribution in [3.8, 4) is 22.3 Å². The van der Waals surface area contributed by atoms with Crippen molar-refractivity contribution in [2.75, 3.05) is 14.2 Å². The lowest BCUT2D eigenvalue weighted by atomic mass is 10.1. The van der Waals surface area contributed by atoms with Gasteiger partial charge in [-0.25, -0.2) is 9.78 Å². The third-order valence-corrected chi connectivity index (χ3v) is 4.48. The zero-order valence-electron chi connectivity index (χ0n) is 14.1. The average Bonchev–Trinajstić information content (AvgIpc) is 3.31. The Morgan fingerprint density at radius 2 is 1.96 bits per heavy atom. The lowest BCUT2D eigenvalue weighted by Crippen LogP contribution is -2.07. The molecule has 0 amide bonds. The summed E-state index contributed by atoms with van der Waals surface area (Å²) in [5.41, 5.74) is 1.71. The first-order chi connectivity index (χ1) is 12.1. The van der Waals surface area contributed by atoms with Crippen LogP contribution in [0.15, 0.2) is 40.3 Å². The summed E-state index contributed by atoms with van der Waals surface area (Å²) in [6.07, 6.45) is 1.48. The molecule has 3 aromatic rings. The number of carbonyl (C=O) groups excluding carboxylic acids is 1. The van der Waals surface area contributed by atoms with Gasteiger partial charge in [0.25, 0.3) is 0 Å². The molecule has 0 bridgehead atoms. The molecule has 0 aliphatic carbocycles. The number of thiophene rings is 1. The number of methoxy groups -OCH3 is 2. The van der Waals surface area contributed by atoms with Crippen LogP contribution in [-0.4, -0.2) is 25.2 Å². The molecule has 3 rings (SSSR count). The van der Waals surface area contributed by atoms with Crippen molar-refractivity contribution in [3.63, 3.8) is 0 Å². The molecule has 0 aliphatic rings. The molecule has 0 radical (unpaired) electrons. The van der Waals surface area contributed by atoms with E-state index in [1.54, 1.807) is 26.4 Å². The molecule has 2 heterocycles. The lowest BCUT2D eigenvalue weighted by Gasteiger charge is -2.12. The van der Waals surface area contributed by atoms with Crippen molar-refractivity contribution in [1.82, 2.24) is 4.98 Å². The second-order valence-electron chi connectivity index (χ2n) is 5.20. The second-order valence-corrected chi connectivity index (χ2v) is 6.15. The molecule has 25 heavy (non-hydrogen) atoms. The van der Waals surface area contributed by atoms with Gasteiger partial charge in [-0.3, -0.25) is 0 Å². The number of nitrogens with zero attached hydrogens (tertiary/aromatic N) is 1. The fourth-order valence-corrected chi connectivity index (χ4v) is 2.97. The van der Waals surface area contributed by atoms with E-state index >= 15 is 0 Å². The quantitative estimate of drug-likeness (QED) is 0.618. The van der Waals surface area contributed by atoms with Gasteiger partial charge in [0.15, 0.2) is 0 Å². The second kappa shape index (κ2) is 7.40. The normalized spacial score (nSPS) is 10.5. The predicted octanol–water partition coefficient (Wildman–Crippen LogP) is 4.09. The van der Waals surface area contributed by atoms with Crippen LogP contribution in [0.25, 0.3) is 10.8 Å². The van der Waals surface area contributed by atoms with E-state index in [2.05, 4.69) is 4.98 Å². The largest absolute Gasteiger partial charge is 0.496 e. The van der Waals surface area contributed by atoms with Gasteiger partial charge in [-0.05, 0) is 30.5 Å². The molecule has 0 saturated carbocycles. The van der Waals surface area contributed by atoms with Gasteiger partial charge >= 0.3 is 5.97 Å². The summed E-state index contributed by atoms with van der Waals surface area (Å²) in [4.78, 5) is 17.6. The lowest BCUT2D eigenvalue weighted by molar-refractivity contribution is 0.0467. The summed E-state index contributed by atoms with van der Waals surface area (Å²) >= 11 is 1.53. The molecule has 0 unspecified atom stereocenters. The summed E-state index contributed by atoms with van der Waals surface area (Å²) in [7, 11) is 3.08. The molecule has 6 nitrogen and oxygen atoms in total. The van der Waals surface area contributed by atoms with Crippen LogP contribution < -0.4 is 9.47 Å². The van der Waals surface area contributed by atoms with Gasteiger partial charge < -0.3 is 18.6 Å². The maximum atomic E-state index is 12.3. The molecule has 0 saturated heterocycles. The number of rotatable bonds is 6. The number of carbonyl (C=O) groups is 1. The van der Waals surface area contributed by atoms with Crippen LogP contribution in [0, 0.1) is 6.92 Å². The number of esters is 1. The Labute approximate surface area is 149 Å². The van der Waals surface area contributed by atoms with E-state index < -0.39 is 5.97 Å². The molecule has 1 aromatic carbocycles. The first-order valence-electron chi connectivity index (χ1n) is 7.50. The van der Waals surface area contributed by atoms with Crippen LogP contribution in [0.2, 0.25) is 0 Å². The minimum atomic E-state index is -0.489. The van der Waals surface area contributed by atoms with Gasteiger partial charge in [0, 0.05) is 5.56 Å². The SMILES string of the molecule is COc1cc(C(=O)OCc2coc(-c3cccs3)n2)cc(OC)c1C. The third-order valence-electron chi connectivity index (χ3n) is 3.62. The molecule has 0 atom stereocenters. The van der Waals surface area contributed by atoms with E-state index in [9.17, 15) is 4.79 Å². The van der Waals surface area contributed by atoms with Gasteiger partial charge in [-0.2, -0.15) is 0 Å². The number of oxazole rings is 1. The topological polar surface area (TPSA) is 70.8 Å². The van der Waals surface area contributed by atoms with Crippen LogP contribution in [0.1, 0.15) is 21.6 Å². The number of hydrogen-bond acceptors (Lipinski definition) is 7. The summed E-state index contributed by atoms with van der Waals surface area (Å²) < 4.78 is 21.3. The van der Waals surface area contributed by atoms with E-state index in [0.717, 1.165) is 10.4 Å². The standard InChI is InChI=1S/C18H17NO5S/c1-11-14(21-2)7-12(8-15(11)22-3)18(20)24-10-13-9-23-17(19-13)16-5-4-6-25-16/h4-9H,10H2,1-3H3. The Morgan fingerprint density at radius 1 is 1.24 bits per heavy atom. The monoisotopic (exact) mass is 359 g/mol. The van der Waals surface area contributed by atoms with Crippen LogP contribution >= 0.6 is 11.3 Å². The number of aromatic nitrogens is 1. The van der Waals surface area contributed by atoms with Gasteiger partial charge in [-0.15, -0.1) is 11.3 Å². The molecule has 0 aliphatic heterocycles. The molecule has 2 aromatic heterocycles. The van der Waals surface area contributed by atoms with Gasteiger partial charge in [0.1, 0.15) is 30.1 Å².